The molecule has 1 aromatic heterocycles. The number of ether oxygens (including phenoxy) is 1. The molecule has 1 aromatic carbocycles. The van der Waals surface area contributed by atoms with Crippen LogP contribution in [0, 0.1) is 27.3 Å². The molecular formula is C11H5FN4O3. The molecule has 0 unspecified atom stereocenters. The Balaban J connectivity index is 2.34. The Hall–Kier alpha value is -3.08. The van der Waals surface area contributed by atoms with Gasteiger partial charge in [0.05, 0.1) is 11.0 Å². The molecule has 0 aliphatic rings. The van der Waals surface area contributed by atoms with E-state index in [9.17, 15) is 14.5 Å². The first-order valence-corrected chi connectivity index (χ1v) is 4.94. The standard InChI is InChI=1S/C11H5FN4O3/c12-8-5-7(16(17)18)1-2-10(8)19-11-9(6-13)14-3-4-15-11/h1-5H. The summed E-state index contributed by atoms with van der Waals surface area (Å²) < 4.78 is 18.6. The summed E-state index contributed by atoms with van der Waals surface area (Å²) in [5, 5.41) is 19.2. The van der Waals surface area contributed by atoms with Crippen LogP contribution in [0.4, 0.5) is 10.1 Å². The average Bonchev–Trinajstić information content (AvgIpc) is 2.41. The van der Waals surface area contributed by atoms with E-state index in [-0.39, 0.29) is 17.3 Å². The van der Waals surface area contributed by atoms with Gasteiger partial charge in [0.1, 0.15) is 6.07 Å². The second kappa shape index (κ2) is 5.05. The normalized spacial score (nSPS) is 9.68. The molecule has 0 saturated carbocycles. The number of hydrogen-bond acceptors (Lipinski definition) is 6. The summed E-state index contributed by atoms with van der Waals surface area (Å²) >= 11 is 0. The Labute approximate surface area is 106 Å². The maximum absolute atomic E-state index is 13.6. The summed E-state index contributed by atoms with van der Waals surface area (Å²) in [4.78, 5) is 17.2. The first-order valence-electron chi connectivity index (χ1n) is 4.94. The van der Waals surface area contributed by atoms with E-state index >= 15 is 0 Å². The van der Waals surface area contributed by atoms with Crippen LogP contribution in [0.15, 0.2) is 30.6 Å². The molecule has 0 atom stereocenters. The van der Waals surface area contributed by atoms with Crippen molar-refractivity contribution in [2.24, 2.45) is 0 Å². The first-order chi connectivity index (χ1) is 9.11. The van der Waals surface area contributed by atoms with Gasteiger partial charge >= 0.3 is 0 Å². The van der Waals surface area contributed by atoms with Gasteiger partial charge in [0.25, 0.3) is 11.6 Å². The van der Waals surface area contributed by atoms with Crippen LogP contribution >= 0.6 is 0 Å². The van der Waals surface area contributed by atoms with Crippen molar-refractivity contribution >= 4 is 5.69 Å². The van der Waals surface area contributed by atoms with Gasteiger partial charge < -0.3 is 4.74 Å². The Morgan fingerprint density at radius 3 is 2.74 bits per heavy atom. The summed E-state index contributed by atoms with van der Waals surface area (Å²) in [5.41, 5.74) is -0.509. The lowest BCUT2D eigenvalue weighted by Gasteiger charge is -2.05. The third kappa shape index (κ3) is 2.61. The molecular weight excluding hydrogens is 255 g/mol. The summed E-state index contributed by atoms with van der Waals surface area (Å²) in [6.07, 6.45) is 2.57. The fourth-order valence-electron chi connectivity index (χ4n) is 1.27. The van der Waals surface area contributed by atoms with Gasteiger partial charge in [0.15, 0.2) is 11.6 Å². The molecule has 0 radical (unpaired) electrons. The van der Waals surface area contributed by atoms with E-state index in [1.165, 1.54) is 12.4 Å². The van der Waals surface area contributed by atoms with Crippen molar-refractivity contribution in [3.63, 3.8) is 0 Å². The highest BCUT2D eigenvalue weighted by Crippen LogP contribution is 2.27. The van der Waals surface area contributed by atoms with Crippen molar-refractivity contribution < 1.29 is 14.1 Å². The molecule has 2 aromatic rings. The molecule has 0 fully saturated rings. The van der Waals surface area contributed by atoms with E-state index in [1.807, 2.05) is 0 Å². The molecule has 7 nitrogen and oxygen atoms in total. The Bertz CT molecular complexity index is 684. The van der Waals surface area contributed by atoms with Crippen molar-refractivity contribution in [2.45, 2.75) is 0 Å². The van der Waals surface area contributed by atoms with Gasteiger partial charge in [-0.1, -0.05) is 0 Å². The molecule has 2 rings (SSSR count). The SMILES string of the molecule is N#Cc1nccnc1Oc1ccc([N+](=O)[O-])cc1F. The fourth-order valence-corrected chi connectivity index (χ4v) is 1.27. The fraction of sp³-hybridized carbons (Fsp3) is 0. The molecule has 8 heteroatoms. The minimum absolute atomic E-state index is 0.111. The summed E-state index contributed by atoms with van der Waals surface area (Å²) in [6, 6.07) is 4.63. The molecule has 0 aliphatic carbocycles. The van der Waals surface area contributed by atoms with E-state index < -0.39 is 16.4 Å². The van der Waals surface area contributed by atoms with E-state index in [4.69, 9.17) is 10.00 Å². The summed E-state index contributed by atoms with van der Waals surface area (Å²) in [7, 11) is 0. The van der Waals surface area contributed by atoms with Gasteiger partial charge in [-0.05, 0) is 6.07 Å². The van der Waals surface area contributed by atoms with E-state index in [0.29, 0.717) is 0 Å². The second-order valence-corrected chi connectivity index (χ2v) is 3.30. The summed E-state index contributed by atoms with van der Waals surface area (Å²) in [6.45, 7) is 0. The van der Waals surface area contributed by atoms with Crippen LogP contribution in [-0.4, -0.2) is 14.9 Å². The number of aromatic nitrogens is 2. The highest BCUT2D eigenvalue weighted by Gasteiger charge is 2.14. The quantitative estimate of drug-likeness (QED) is 0.619. The minimum Gasteiger partial charge on any atom is -0.433 e. The molecule has 0 spiro atoms. The van der Waals surface area contributed by atoms with Gasteiger partial charge in [0.2, 0.25) is 5.69 Å². The zero-order chi connectivity index (χ0) is 13.8. The maximum Gasteiger partial charge on any atom is 0.272 e. The minimum atomic E-state index is -0.927. The van der Waals surface area contributed by atoms with Crippen LogP contribution in [0.3, 0.4) is 0 Å². The van der Waals surface area contributed by atoms with E-state index in [2.05, 4.69) is 9.97 Å². The van der Waals surface area contributed by atoms with Crippen molar-refractivity contribution in [1.29, 1.82) is 5.26 Å². The Kier molecular flexibility index (Phi) is 3.29. The zero-order valence-electron chi connectivity index (χ0n) is 9.28. The predicted molar refractivity (Wildman–Crippen MR) is 59.9 cm³/mol. The molecule has 0 bridgehead atoms. The van der Waals surface area contributed by atoms with Crippen LogP contribution in [0.2, 0.25) is 0 Å². The molecule has 19 heavy (non-hydrogen) atoms. The van der Waals surface area contributed by atoms with Gasteiger partial charge in [-0.15, -0.1) is 0 Å². The Morgan fingerprint density at radius 2 is 2.11 bits per heavy atom. The lowest BCUT2D eigenvalue weighted by atomic mass is 10.3. The van der Waals surface area contributed by atoms with Gasteiger partial charge in [0, 0.05) is 18.5 Å². The number of nitro groups is 1. The smallest absolute Gasteiger partial charge is 0.272 e. The molecule has 1 heterocycles. The topological polar surface area (TPSA) is 102 Å². The second-order valence-electron chi connectivity index (χ2n) is 3.30. The molecule has 0 N–H and O–H groups in total. The number of nitriles is 1. The van der Waals surface area contributed by atoms with Gasteiger partial charge in [-0.3, -0.25) is 10.1 Å². The number of rotatable bonds is 3. The first kappa shape index (κ1) is 12.4. The van der Waals surface area contributed by atoms with Crippen molar-refractivity contribution in [3.05, 3.63) is 52.2 Å². The number of non-ortho nitro benzene ring substituents is 1. The van der Waals surface area contributed by atoms with Crippen molar-refractivity contribution in [2.75, 3.05) is 0 Å². The van der Waals surface area contributed by atoms with Crippen molar-refractivity contribution in [3.8, 4) is 17.7 Å². The van der Waals surface area contributed by atoms with Crippen LogP contribution in [0.25, 0.3) is 0 Å². The van der Waals surface area contributed by atoms with Gasteiger partial charge in [-0.2, -0.15) is 5.26 Å². The van der Waals surface area contributed by atoms with E-state index in [0.717, 1.165) is 18.2 Å². The van der Waals surface area contributed by atoms with Crippen LogP contribution < -0.4 is 4.74 Å². The molecule has 0 aliphatic heterocycles. The number of nitro benzene ring substituents is 1. The number of nitrogens with zero attached hydrogens (tertiary/aromatic N) is 4. The van der Waals surface area contributed by atoms with E-state index in [1.54, 1.807) is 6.07 Å². The number of benzene rings is 1. The van der Waals surface area contributed by atoms with Gasteiger partial charge in [-0.25, -0.2) is 14.4 Å². The molecule has 0 saturated heterocycles. The average molecular weight is 260 g/mol. The van der Waals surface area contributed by atoms with Crippen molar-refractivity contribution in [1.82, 2.24) is 9.97 Å². The molecule has 94 valence electrons. The van der Waals surface area contributed by atoms with Crippen LogP contribution in [0.1, 0.15) is 5.69 Å². The highest BCUT2D eigenvalue weighted by atomic mass is 19.1. The monoisotopic (exact) mass is 260 g/mol. The Morgan fingerprint density at radius 1 is 1.37 bits per heavy atom. The lowest BCUT2D eigenvalue weighted by Crippen LogP contribution is -1.96. The molecule has 0 amide bonds. The van der Waals surface area contributed by atoms with Crippen LogP contribution in [0.5, 0.6) is 11.6 Å². The highest BCUT2D eigenvalue weighted by molar-refractivity contribution is 5.40. The summed E-state index contributed by atoms with van der Waals surface area (Å²) in [5.74, 6) is -1.37. The lowest BCUT2D eigenvalue weighted by molar-refractivity contribution is -0.385. The number of halogens is 1. The third-order valence-electron chi connectivity index (χ3n) is 2.10. The maximum atomic E-state index is 13.6. The zero-order valence-corrected chi connectivity index (χ0v) is 9.28. The predicted octanol–water partition coefficient (Wildman–Crippen LogP) is 2.19. The number of hydrogen-bond donors (Lipinski definition) is 0. The third-order valence-corrected chi connectivity index (χ3v) is 2.10. The van der Waals surface area contributed by atoms with Crippen LogP contribution in [-0.2, 0) is 0 Å². The largest absolute Gasteiger partial charge is 0.433 e.